The van der Waals surface area contributed by atoms with Gasteiger partial charge in [0.2, 0.25) is 5.91 Å². The smallest absolute Gasteiger partial charge is 0.301 e. The minimum atomic E-state index is -4.47. The van der Waals surface area contributed by atoms with Gasteiger partial charge in [-0.1, -0.05) is 48.2 Å². The Hall–Kier alpha value is -3.11. The lowest BCUT2D eigenvalue weighted by Gasteiger charge is -2.14. The van der Waals surface area contributed by atoms with E-state index in [2.05, 4.69) is 15.3 Å². The number of aryl methyl sites for hydroxylation is 1. The number of anilines is 1. The lowest BCUT2D eigenvalue weighted by atomic mass is 10.1. The number of hydrogen-bond donors (Lipinski definition) is 1. The molecule has 164 valence electrons. The molecule has 0 unspecified atom stereocenters. The topological polar surface area (TPSA) is 59.8 Å². The monoisotopic (exact) mass is 474 g/mol. The quantitative estimate of drug-likeness (QED) is 0.346. The van der Waals surface area contributed by atoms with E-state index in [0.29, 0.717) is 21.7 Å². The van der Waals surface area contributed by atoms with Crippen LogP contribution in [0.15, 0.2) is 71.3 Å². The Kier molecular flexibility index (Phi) is 6.33. The van der Waals surface area contributed by atoms with Crippen molar-refractivity contribution >= 4 is 34.1 Å². The predicted octanol–water partition coefficient (Wildman–Crippen LogP) is 6.05. The molecular formula is C22H17F3N4OS2. The number of amides is 1. The molecule has 0 aliphatic rings. The highest BCUT2D eigenvalue weighted by atomic mass is 32.2. The first-order valence-electron chi connectivity index (χ1n) is 9.47. The minimum Gasteiger partial charge on any atom is -0.301 e. The van der Waals surface area contributed by atoms with E-state index < -0.39 is 11.7 Å². The zero-order valence-corrected chi connectivity index (χ0v) is 18.4. The fraction of sp³-hybridized carbons (Fsp3) is 0.136. The Balaban J connectivity index is 1.66. The molecule has 2 aromatic heterocycles. The standard InChI is InChI=1S/C22H17F3N4OS2/c1-14-12-31-20(27-14)28-19(30)13-32-21-26-11-18(15-6-3-2-4-7-15)29(21)17-9-5-8-16(10-17)22(23,24)25/h2-12H,13H2,1H3,(H,27,28,30). The molecule has 2 heterocycles. The van der Waals surface area contributed by atoms with Gasteiger partial charge in [-0.3, -0.25) is 9.36 Å². The highest BCUT2D eigenvalue weighted by molar-refractivity contribution is 7.99. The van der Waals surface area contributed by atoms with Crippen molar-refractivity contribution in [1.82, 2.24) is 14.5 Å². The summed E-state index contributed by atoms with van der Waals surface area (Å²) >= 11 is 2.47. The van der Waals surface area contributed by atoms with E-state index in [4.69, 9.17) is 0 Å². The normalized spacial score (nSPS) is 11.5. The second kappa shape index (κ2) is 9.17. The number of aromatic nitrogens is 3. The van der Waals surface area contributed by atoms with E-state index >= 15 is 0 Å². The Morgan fingerprint density at radius 1 is 1.16 bits per heavy atom. The molecule has 4 rings (SSSR count). The van der Waals surface area contributed by atoms with Crippen LogP contribution in [0.1, 0.15) is 11.3 Å². The van der Waals surface area contributed by atoms with E-state index in [1.54, 1.807) is 16.8 Å². The van der Waals surface area contributed by atoms with Crippen LogP contribution in [0.25, 0.3) is 16.9 Å². The summed E-state index contributed by atoms with van der Waals surface area (Å²) in [5, 5.41) is 5.46. The van der Waals surface area contributed by atoms with Crippen molar-refractivity contribution < 1.29 is 18.0 Å². The largest absolute Gasteiger partial charge is 0.416 e. The number of nitrogens with zero attached hydrogens (tertiary/aromatic N) is 3. The van der Waals surface area contributed by atoms with Gasteiger partial charge in [0.1, 0.15) is 0 Å². The van der Waals surface area contributed by atoms with Crippen molar-refractivity contribution in [3.8, 4) is 16.9 Å². The van der Waals surface area contributed by atoms with Crippen molar-refractivity contribution in [2.24, 2.45) is 0 Å². The number of halogens is 3. The van der Waals surface area contributed by atoms with Gasteiger partial charge in [0.25, 0.3) is 0 Å². The maximum Gasteiger partial charge on any atom is 0.416 e. The van der Waals surface area contributed by atoms with Crippen LogP contribution in [0.4, 0.5) is 18.3 Å². The molecule has 0 saturated heterocycles. The molecule has 0 bridgehead atoms. The number of hydrogen-bond acceptors (Lipinski definition) is 5. The summed E-state index contributed by atoms with van der Waals surface area (Å²) in [5.41, 5.74) is 1.80. The lowest BCUT2D eigenvalue weighted by molar-refractivity contribution is -0.137. The van der Waals surface area contributed by atoms with Gasteiger partial charge in [0, 0.05) is 16.6 Å². The van der Waals surface area contributed by atoms with Crippen LogP contribution in [0, 0.1) is 6.92 Å². The Morgan fingerprint density at radius 3 is 2.62 bits per heavy atom. The Bertz CT molecular complexity index is 1240. The van der Waals surface area contributed by atoms with Crippen LogP contribution in [0.5, 0.6) is 0 Å². The molecule has 2 aromatic carbocycles. The van der Waals surface area contributed by atoms with Gasteiger partial charge in [-0.15, -0.1) is 11.3 Å². The van der Waals surface area contributed by atoms with Crippen molar-refractivity contribution in [3.05, 3.63) is 77.4 Å². The number of nitrogens with one attached hydrogen (secondary N) is 1. The van der Waals surface area contributed by atoms with Crippen LogP contribution in [0.2, 0.25) is 0 Å². The van der Waals surface area contributed by atoms with Gasteiger partial charge in [-0.25, -0.2) is 9.97 Å². The third-order valence-corrected chi connectivity index (χ3v) is 6.26. The molecule has 10 heteroatoms. The molecule has 0 fully saturated rings. The molecule has 4 aromatic rings. The van der Waals surface area contributed by atoms with E-state index in [1.807, 2.05) is 42.6 Å². The van der Waals surface area contributed by atoms with Gasteiger partial charge in [0.05, 0.1) is 28.9 Å². The number of alkyl halides is 3. The molecule has 0 aliphatic carbocycles. The SMILES string of the molecule is Cc1csc(NC(=O)CSc2ncc(-c3ccccc3)n2-c2cccc(C(F)(F)F)c2)n1. The summed E-state index contributed by atoms with van der Waals surface area (Å²) in [6.45, 7) is 1.83. The van der Waals surface area contributed by atoms with Crippen molar-refractivity contribution in [1.29, 1.82) is 0 Å². The third kappa shape index (κ3) is 5.03. The van der Waals surface area contributed by atoms with Crippen LogP contribution in [0.3, 0.4) is 0 Å². The van der Waals surface area contributed by atoms with Crippen LogP contribution in [-0.4, -0.2) is 26.2 Å². The maximum atomic E-state index is 13.3. The van der Waals surface area contributed by atoms with E-state index in [9.17, 15) is 18.0 Å². The summed E-state index contributed by atoms with van der Waals surface area (Å²) in [7, 11) is 0. The molecule has 1 N–H and O–H groups in total. The first kappa shape index (κ1) is 22.1. The fourth-order valence-electron chi connectivity index (χ4n) is 3.02. The van der Waals surface area contributed by atoms with Crippen LogP contribution < -0.4 is 5.32 Å². The summed E-state index contributed by atoms with van der Waals surface area (Å²) in [6.07, 6.45) is -2.87. The zero-order chi connectivity index (χ0) is 22.7. The van der Waals surface area contributed by atoms with Crippen molar-refractivity contribution in [2.45, 2.75) is 18.3 Å². The number of carbonyl (C=O) groups is 1. The zero-order valence-electron chi connectivity index (χ0n) is 16.8. The summed E-state index contributed by atoms with van der Waals surface area (Å²) in [6, 6.07) is 14.3. The first-order valence-corrected chi connectivity index (χ1v) is 11.3. The van der Waals surface area contributed by atoms with Gasteiger partial charge >= 0.3 is 6.18 Å². The first-order chi connectivity index (χ1) is 15.3. The average molecular weight is 475 g/mol. The summed E-state index contributed by atoms with van der Waals surface area (Å²) < 4.78 is 41.6. The highest BCUT2D eigenvalue weighted by Crippen LogP contribution is 2.34. The molecule has 32 heavy (non-hydrogen) atoms. The highest BCUT2D eigenvalue weighted by Gasteiger charge is 2.31. The number of rotatable bonds is 6. The lowest BCUT2D eigenvalue weighted by Crippen LogP contribution is -2.14. The molecule has 0 aliphatic heterocycles. The summed E-state index contributed by atoms with van der Waals surface area (Å²) in [5.74, 6) is -0.243. The number of imidazole rings is 1. The van der Waals surface area contributed by atoms with Crippen molar-refractivity contribution in [3.63, 3.8) is 0 Å². The van der Waals surface area contributed by atoms with E-state index in [-0.39, 0.29) is 11.7 Å². The Labute approximate surface area is 190 Å². The molecule has 5 nitrogen and oxygen atoms in total. The number of thiazole rings is 1. The second-order valence-corrected chi connectivity index (χ2v) is 8.61. The number of carbonyl (C=O) groups excluding carboxylic acids is 1. The van der Waals surface area contributed by atoms with Crippen LogP contribution >= 0.6 is 23.1 Å². The molecule has 0 radical (unpaired) electrons. The Morgan fingerprint density at radius 2 is 1.94 bits per heavy atom. The molecule has 0 spiro atoms. The van der Waals surface area contributed by atoms with Gasteiger partial charge < -0.3 is 5.32 Å². The summed E-state index contributed by atoms with van der Waals surface area (Å²) in [4.78, 5) is 20.9. The van der Waals surface area contributed by atoms with E-state index in [1.165, 1.54) is 17.4 Å². The van der Waals surface area contributed by atoms with Gasteiger partial charge in [0.15, 0.2) is 10.3 Å². The van der Waals surface area contributed by atoms with Crippen LogP contribution in [-0.2, 0) is 11.0 Å². The predicted molar refractivity (Wildman–Crippen MR) is 120 cm³/mol. The second-order valence-electron chi connectivity index (χ2n) is 6.81. The maximum absolute atomic E-state index is 13.3. The number of thioether (sulfide) groups is 1. The van der Waals surface area contributed by atoms with Crippen molar-refractivity contribution in [2.75, 3.05) is 11.1 Å². The molecule has 0 saturated carbocycles. The fourth-order valence-corrected chi connectivity index (χ4v) is 4.51. The van der Waals surface area contributed by atoms with Gasteiger partial charge in [-0.2, -0.15) is 13.2 Å². The van der Waals surface area contributed by atoms with Gasteiger partial charge in [-0.05, 0) is 25.1 Å². The molecular weight excluding hydrogens is 457 g/mol. The van der Waals surface area contributed by atoms with E-state index in [0.717, 1.165) is 35.2 Å². The average Bonchev–Trinajstić information content (AvgIpc) is 3.38. The molecule has 0 atom stereocenters. The third-order valence-electron chi connectivity index (χ3n) is 4.43. The number of benzene rings is 2. The minimum absolute atomic E-state index is 0.0306. The molecule has 1 amide bonds.